The highest BCUT2D eigenvalue weighted by atomic mass is 16.6. The van der Waals surface area contributed by atoms with E-state index in [0.717, 1.165) is 24.1 Å². The van der Waals surface area contributed by atoms with Gasteiger partial charge in [-0.25, -0.2) is 4.79 Å². The Morgan fingerprint density at radius 3 is 2.49 bits per heavy atom. The van der Waals surface area contributed by atoms with Gasteiger partial charge in [0.05, 0.1) is 17.7 Å². The third-order valence-electron chi connectivity index (χ3n) is 5.44. The molecule has 0 atom stereocenters. The van der Waals surface area contributed by atoms with Crippen molar-refractivity contribution in [3.63, 3.8) is 0 Å². The first-order chi connectivity index (χ1) is 16.5. The molecule has 0 radical (unpaired) electrons. The van der Waals surface area contributed by atoms with Crippen LogP contribution in [0.2, 0.25) is 0 Å². The van der Waals surface area contributed by atoms with Crippen LogP contribution in [0.25, 0.3) is 22.0 Å². The number of aromatic nitrogens is 2. The molecule has 2 aromatic heterocycles. The maximum atomic E-state index is 13.7. The van der Waals surface area contributed by atoms with Crippen molar-refractivity contribution in [3.8, 4) is 17.0 Å². The molecule has 0 spiro atoms. The highest BCUT2D eigenvalue weighted by molar-refractivity contribution is 5.98. The molecule has 0 saturated carbocycles. The summed E-state index contributed by atoms with van der Waals surface area (Å²) in [6.07, 6.45) is 3.00. The maximum Gasteiger partial charge on any atom is 0.415 e. The molecule has 7 nitrogen and oxygen atoms in total. The lowest BCUT2D eigenvalue weighted by Crippen LogP contribution is -2.38. The van der Waals surface area contributed by atoms with Crippen molar-refractivity contribution in [2.75, 3.05) is 18.6 Å². The topological polar surface area (TPSA) is 73.7 Å². The van der Waals surface area contributed by atoms with E-state index in [9.17, 15) is 9.59 Å². The Morgan fingerprint density at radius 1 is 1.14 bits per heavy atom. The Balaban J connectivity index is 2.33. The van der Waals surface area contributed by atoms with Gasteiger partial charge in [0, 0.05) is 30.7 Å². The molecule has 188 valence electrons. The summed E-state index contributed by atoms with van der Waals surface area (Å²) in [5.41, 5.74) is 0.808. The third kappa shape index (κ3) is 6.21. The van der Waals surface area contributed by atoms with Crippen LogP contribution in [0.4, 0.5) is 10.6 Å². The number of pyridine rings is 2. The first-order valence-corrected chi connectivity index (χ1v) is 12.2. The number of hydrogen-bond donors (Lipinski definition) is 0. The molecule has 0 saturated heterocycles. The molecule has 3 rings (SSSR count). The predicted molar refractivity (Wildman–Crippen MR) is 141 cm³/mol. The Hall–Kier alpha value is -3.35. The van der Waals surface area contributed by atoms with Crippen molar-refractivity contribution < 1.29 is 14.3 Å². The molecule has 0 aliphatic carbocycles. The maximum absolute atomic E-state index is 13.7. The van der Waals surface area contributed by atoms with Gasteiger partial charge in [-0.2, -0.15) is 0 Å². The third-order valence-corrected chi connectivity index (χ3v) is 5.44. The molecule has 0 N–H and O–H groups in total. The number of benzene rings is 1. The van der Waals surface area contributed by atoms with Gasteiger partial charge < -0.3 is 9.47 Å². The standard InChI is InChI=1S/C28H37N3O4/c1-8-9-16-34-24-22-17-20(23-12-10-11-15-29-23)13-14-21(22)26(32)31(18-19(2)3)25(24)30(7)27(33)35-28(4,5)6/h10-15,17,19H,8-9,16,18H2,1-7H3. The molecular formula is C28H37N3O4. The fraction of sp³-hybridized carbons (Fsp3) is 0.464. The molecular weight excluding hydrogens is 442 g/mol. The molecule has 2 heterocycles. The number of amides is 1. The van der Waals surface area contributed by atoms with Crippen molar-refractivity contribution in [2.45, 2.75) is 66.5 Å². The van der Waals surface area contributed by atoms with E-state index in [4.69, 9.17) is 9.47 Å². The fourth-order valence-electron chi connectivity index (χ4n) is 3.84. The summed E-state index contributed by atoms with van der Waals surface area (Å²) in [5.74, 6) is 1.08. The van der Waals surface area contributed by atoms with E-state index < -0.39 is 11.7 Å². The van der Waals surface area contributed by atoms with Gasteiger partial charge in [-0.3, -0.25) is 19.2 Å². The zero-order valence-electron chi connectivity index (χ0n) is 21.9. The number of nitrogens with zero attached hydrogens (tertiary/aromatic N) is 3. The van der Waals surface area contributed by atoms with Crippen LogP contribution < -0.4 is 15.2 Å². The van der Waals surface area contributed by atoms with Crippen molar-refractivity contribution in [1.29, 1.82) is 0 Å². The van der Waals surface area contributed by atoms with E-state index >= 15 is 0 Å². The van der Waals surface area contributed by atoms with Crippen LogP contribution in [0.3, 0.4) is 0 Å². The minimum absolute atomic E-state index is 0.172. The lowest BCUT2D eigenvalue weighted by Gasteiger charge is -2.29. The highest BCUT2D eigenvalue weighted by Gasteiger charge is 2.28. The molecule has 1 aromatic carbocycles. The van der Waals surface area contributed by atoms with Gasteiger partial charge in [0.1, 0.15) is 5.60 Å². The summed E-state index contributed by atoms with van der Waals surface area (Å²) in [5, 5.41) is 1.19. The van der Waals surface area contributed by atoms with Gasteiger partial charge >= 0.3 is 6.09 Å². The van der Waals surface area contributed by atoms with E-state index in [-0.39, 0.29) is 11.5 Å². The second kappa shape index (κ2) is 10.9. The monoisotopic (exact) mass is 479 g/mol. The van der Waals surface area contributed by atoms with Crippen molar-refractivity contribution >= 4 is 22.7 Å². The van der Waals surface area contributed by atoms with Gasteiger partial charge in [-0.05, 0) is 57.4 Å². The molecule has 0 aliphatic heterocycles. The van der Waals surface area contributed by atoms with Crippen LogP contribution in [-0.2, 0) is 11.3 Å². The van der Waals surface area contributed by atoms with E-state index in [0.29, 0.717) is 35.5 Å². The minimum Gasteiger partial charge on any atom is -0.489 e. The predicted octanol–water partition coefficient (Wildman–Crippen LogP) is 6.27. The number of rotatable bonds is 8. The van der Waals surface area contributed by atoms with Crippen LogP contribution in [0.15, 0.2) is 47.4 Å². The minimum atomic E-state index is -0.680. The van der Waals surface area contributed by atoms with E-state index in [1.807, 2.05) is 71.0 Å². The van der Waals surface area contributed by atoms with E-state index in [1.54, 1.807) is 17.8 Å². The number of anilines is 1. The van der Waals surface area contributed by atoms with Gasteiger partial charge in [0.25, 0.3) is 5.56 Å². The van der Waals surface area contributed by atoms with E-state index in [2.05, 4.69) is 11.9 Å². The summed E-state index contributed by atoms with van der Waals surface area (Å²) >= 11 is 0. The molecule has 35 heavy (non-hydrogen) atoms. The lowest BCUT2D eigenvalue weighted by molar-refractivity contribution is 0.0585. The van der Waals surface area contributed by atoms with Gasteiger partial charge in [-0.15, -0.1) is 0 Å². The number of ether oxygens (including phenoxy) is 2. The van der Waals surface area contributed by atoms with Crippen LogP contribution >= 0.6 is 0 Å². The smallest absolute Gasteiger partial charge is 0.415 e. The molecule has 1 amide bonds. The normalized spacial score (nSPS) is 11.7. The Morgan fingerprint density at radius 2 is 1.89 bits per heavy atom. The SMILES string of the molecule is CCCCOc1c(N(C)C(=O)OC(C)(C)C)n(CC(C)C)c(=O)c2ccc(-c3ccccn3)cc12. The molecule has 7 heteroatoms. The van der Waals surface area contributed by atoms with Crippen molar-refractivity contribution in [2.24, 2.45) is 5.92 Å². The average Bonchev–Trinajstić information content (AvgIpc) is 2.80. The summed E-state index contributed by atoms with van der Waals surface area (Å²) < 4.78 is 13.6. The number of carbonyl (C=O) groups excluding carboxylic acids is 1. The van der Waals surface area contributed by atoms with Crippen molar-refractivity contribution in [1.82, 2.24) is 9.55 Å². The van der Waals surface area contributed by atoms with Gasteiger partial charge in [-0.1, -0.05) is 39.3 Å². The highest BCUT2D eigenvalue weighted by Crippen LogP contribution is 2.37. The van der Waals surface area contributed by atoms with Crippen LogP contribution in [0.5, 0.6) is 5.75 Å². The molecule has 0 bridgehead atoms. The second-order valence-corrected chi connectivity index (χ2v) is 10.2. The largest absolute Gasteiger partial charge is 0.489 e. The van der Waals surface area contributed by atoms with Crippen LogP contribution in [0, 0.1) is 5.92 Å². The zero-order chi connectivity index (χ0) is 25.8. The lowest BCUT2D eigenvalue weighted by atomic mass is 10.0. The van der Waals surface area contributed by atoms with Crippen LogP contribution in [0.1, 0.15) is 54.4 Å². The summed E-state index contributed by atoms with van der Waals surface area (Å²) in [6, 6.07) is 11.4. The summed E-state index contributed by atoms with van der Waals surface area (Å²) in [6.45, 7) is 12.5. The molecule has 0 unspecified atom stereocenters. The molecule has 3 aromatic rings. The van der Waals surface area contributed by atoms with Gasteiger partial charge in [0.15, 0.2) is 11.6 Å². The average molecular weight is 480 g/mol. The van der Waals surface area contributed by atoms with Crippen LogP contribution in [-0.4, -0.2) is 34.9 Å². The first kappa shape index (κ1) is 26.3. The Kier molecular flexibility index (Phi) is 8.20. The van der Waals surface area contributed by atoms with Crippen molar-refractivity contribution in [3.05, 3.63) is 52.9 Å². The molecule has 0 fully saturated rings. The van der Waals surface area contributed by atoms with Gasteiger partial charge in [0.2, 0.25) is 0 Å². The number of fused-ring (bicyclic) bond motifs is 1. The van der Waals surface area contributed by atoms with E-state index in [1.165, 1.54) is 4.90 Å². The first-order valence-electron chi connectivity index (χ1n) is 12.2. The molecule has 0 aliphatic rings. The quantitative estimate of drug-likeness (QED) is 0.356. The number of hydrogen-bond acceptors (Lipinski definition) is 5. The summed E-state index contributed by atoms with van der Waals surface area (Å²) in [7, 11) is 1.63. The Bertz CT molecular complexity index is 1230. The zero-order valence-corrected chi connectivity index (χ0v) is 21.9. The Labute approximate surface area is 207 Å². The second-order valence-electron chi connectivity index (χ2n) is 10.2. The number of unbranched alkanes of at least 4 members (excludes halogenated alkanes) is 1. The summed E-state index contributed by atoms with van der Waals surface area (Å²) in [4.78, 5) is 32.7. The fourth-order valence-corrected chi connectivity index (χ4v) is 3.84. The number of carbonyl (C=O) groups is 1.